The zero-order chi connectivity index (χ0) is 23.1. The fourth-order valence-corrected chi connectivity index (χ4v) is 4.37. The van der Waals surface area contributed by atoms with Crippen LogP contribution in [0.2, 0.25) is 0 Å². The molecule has 0 atom stereocenters. The van der Waals surface area contributed by atoms with E-state index in [1.807, 2.05) is 30.3 Å². The first kappa shape index (κ1) is 23.5. The number of ether oxygens (including phenoxy) is 2. The molecule has 1 amide bonds. The molecule has 2 aromatic heterocycles. The van der Waals surface area contributed by atoms with E-state index in [-0.39, 0.29) is 39.6 Å². The number of hydrogen-bond acceptors (Lipinski definition) is 10. The molecule has 1 N–H and O–H groups in total. The van der Waals surface area contributed by atoms with Gasteiger partial charge in [0.25, 0.3) is 5.22 Å². The second kappa shape index (κ2) is 10.9. The van der Waals surface area contributed by atoms with E-state index in [0.29, 0.717) is 11.5 Å². The van der Waals surface area contributed by atoms with E-state index < -0.39 is 17.8 Å². The summed E-state index contributed by atoms with van der Waals surface area (Å²) >= 11 is 2.03. The normalized spacial score (nSPS) is 10.6. The van der Waals surface area contributed by atoms with Gasteiger partial charge < -0.3 is 19.2 Å². The predicted octanol–water partition coefficient (Wildman–Crippen LogP) is 4.19. The molecule has 1 aromatic carbocycles. The molecule has 0 fully saturated rings. The molecule has 9 nitrogen and oxygen atoms in total. The topological polar surface area (TPSA) is 121 Å². The molecule has 0 aliphatic heterocycles. The second-order valence-corrected chi connectivity index (χ2v) is 8.22. The Morgan fingerprint density at radius 2 is 1.75 bits per heavy atom. The Morgan fingerprint density at radius 1 is 1.06 bits per heavy atom. The molecule has 0 spiro atoms. The molecule has 0 unspecified atom stereocenters. The minimum atomic E-state index is -0.621. The van der Waals surface area contributed by atoms with Gasteiger partial charge in [-0.25, -0.2) is 9.59 Å². The maximum Gasteiger partial charge on any atom is 0.348 e. The van der Waals surface area contributed by atoms with E-state index >= 15 is 0 Å². The third-order valence-corrected chi connectivity index (χ3v) is 6.10. The van der Waals surface area contributed by atoms with Crippen molar-refractivity contribution in [2.75, 3.05) is 24.3 Å². The minimum absolute atomic E-state index is 0.0373. The summed E-state index contributed by atoms with van der Waals surface area (Å²) in [6.45, 7) is 5.33. The molecule has 2 heterocycles. The summed E-state index contributed by atoms with van der Waals surface area (Å²) in [5.74, 6) is -1.27. The Labute approximate surface area is 192 Å². The molecule has 11 heteroatoms. The van der Waals surface area contributed by atoms with Crippen LogP contribution in [-0.4, -0.2) is 47.0 Å². The monoisotopic (exact) mass is 475 g/mol. The number of aromatic nitrogens is 2. The Balaban J connectivity index is 1.71. The number of nitrogens with zero attached hydrogens (tertiary/aromatic N) is 2. The van der Waals surface area contributed by atoms with Crippen LogP contribution in [0.25, 0.3) is 11.5 Å². The van der Waals surface area contributed by atoms with Gasteiger partial charge in [-0.3, -0.25) is 4.79 Å². The van der Waals surface area contributed by atoms with Crippen LogP contribution in [0, 0.1) is 6.92 Å². The lowest BCUT2D eigenvalue weighted by atomic mass is 10.1. The van der Waals surface area contributed by atoms with E-state index in [2.05, 4.69) is 15.5 Å². The van der Waals surface area contributed by atoms with Gasteiger partial charge in [-0.1, -0.05) is 30.0 Å². The lowest BCUT2D eigenvalue weighted by molar-refractivity contribution is -0.113. The largest absolute Gasteiger partial charge is 0.462 e. The third-order valence-electron chi connectivity index (χ3n) is 4.09. The van der Waals surface area contributed by atoms with Crippen molar-refractivity contribution in [2.45, 2.75) is 26.0 Å². The zero-order valence-corrected chi connectivity index (χ0v) is 19.3. The number of hydrogen-bond donors (Lipinski definition) is 1. The van der Waals surface area contributed by atoms with Gasteiger partial charge in [0, 0.05) is 5.56 Å². The van der Waals surface area contributed by atoms with Gasteiger partial charge in [0.2, 0.25) is 11.8 Å². The van der Waals surface area contributed by atoms with E-state index in [9.17, 15) is 14.4 Å². The van der Waals surface area contributed by atoms with E-state index in [4.69, 9.17) is 13.9 Å². The number of esters is 2. The van der Waals surface area contributed by atoms with Gasteiger partial charge in [-0.2, -0.15) is 0 Å². The number of amides is 1. The highest BCUT2D eigenvalue weighted by Gasteiger charge is 2.27. The predicted molar refractivity (Wildman–Crippen MR) is 120 cm³/mol. The maximum absolute atomic E-state index is 12.5. The van der Waals surface area contributed by atoms with E-state index in [1.165, 1.54) is 0 Å². The highest BCUT2D eigenvalue weighted by Crippen LogP contribution is 2.34. The molecule has 32 heavy (non-hydrogen) atoms. The zero-order valence-electron chi connectivity index (χ0n) is 17.7. The molecular formula is C21H21N3O6S2. The van der Waals surface area contributed by atoms with Crippen LogP contribution in [0.4, 0.5) is 5.00 Å². The van der Waals surface area contributed by atoms with Gasteiger partial charge in [0.15, 0.2) is 0 Å². The van der Waals surface area contributed by atoms with Crippen molar-refractivity contribution < 1.29 is 28.3 Å². The van der Waals surface area contributed by atoms with Gasteiger partial charge in [-0.05, 0) is 38.5 Å². The smallest absolute Gasteiger partial charge is 0.348 e. The molecule has 3 rings (SSSR count). The number of thiophene rings is 1. The summed E-state index contributed by atoms with van der Waals surface area (Å²) in [5.41, 5.74) is 1.32. The standard InChI is InChI=1S/C21H21N3O6S2/c1-4-28-19(26)15-12(3)16(20(27)29-5-2)32-18(15)22-14(25)11-31-21-24-23-17(30-21)13-9-7-6-8-10-13/h6-10H,4-5,11H2,1-3H3,(H,22,25). The SMILES string of the molecule is CCOC(=O)c1sc(NC(=O)CSc2nnc(-c3ccccc3)o2)c(C(=O)OCC)c1C. The Bertz CT molecular complexity index is 1110. The first-order valence-electron chi connectivity index (χ1n) is 9.73. The average molecular weight is 476 g/mol. The first-order valence-corrected chi connectivity index (χ1v) is 11.5. The van der Waals surface area contributed by atoms with Gasteiger partial charge >= 0.3 is 11.9 Å². The summed E-state index contributed by atoms with van der Waals surface area (Å²) in [4.78, 5) is 37.4. The van der Waals surface area contributed by atoms with Crippen LogP contribution in [0.5, 0.6) is 0 Å². The fourth-order valence-electron chi connectivity index (χ4n) is 2.70. The molecule has 0 aliphatic rings. The van der Waals surface area contributed by atoms with Crippen molar-refractivity contribution in [3.63, 3.8) is 0 Å². The van der Waals surface area contributed by atoms with Crippen molar-refractivity contribution >= 4 is 45.9 Å². The Kier molecular flexibility index (Phi) is 8.01. The molecule has 0 radical (unpaired) electrons. The molecule has 0 aliphatic carbocycles. The lowest BCUT2D eigenvalue weighted by Gasteiger charge is -2.06. The Hall–Kier alpha value is -3.18. The molecule has 0 saturated carbocycles. The van der Waals surface area contributed by atoms with Crippen LogP contribution in [0.1, 0.15) is 39.4 Å². The number of nitrogens with one attached hydrogen (secondary N) is 1. The van der Waals surface area contributed by atoms with E-state index in [0.717, 1.165) is 28.7 Å². The number of thioether (sulfide) groups is 1. The summed E-state index contributed by atoms with van der Waals surface area (Å²) in [6, 6.07) is 9.27. The van der Waals surface area contributed by atoms with Crippen molar-refractivity contribution in [3.05, 3.63) is 46.3 Å². The van der Waals surface area contributed by atoms with Gasteiger partial charge in [-0.15, -0.1) is 21.5 Å². The quantitative estimate of drug-likeness (QED) is 0.359. The van der Waals surface area contributed by atoms with Crippen LogP contribution in [-0.2, 0) is 14.3 Å². The highest BCUT2D eigenvalue weighted by molar-refractivity contribution is 7.99. The molecular weight excluding hydrogens is 454 g/mol. The number of rotatable bonds is 9. The van der Waals surface area contributed by atoms with Crippen molar-refractivity contribution in [2.24, 2.45) is 0 Å². The highest BCUT2D eigenvalue weighted by atomic mass is 32.2. The van der Waals surface area contributed by atoms with E-state index in [1.54, 1.807) is 20.8 Å². The summed E-state index contributed by atoms with van der Waals surface area (Å²) < 4.78 is 15.7. The Morgan fingerprint density at radius 3 is 2.44 bits per heavy atom. The second-order valence-electron chi connectivity index (χ2n) is 6.28. The van der Waals surface area contributed by atoms with Crippen molar-refractivity contribution in [1.29, 1.82) is 0 Å². The fraction of sp³-hybridized carbons (Fsp3) is 0.286. The van der Waals surface area contributed by atoms with Crippen LogP contribution in [0.15, 0.2) is 40.0 Å². The molecule has 168 valence electrons. The maximum atomic E-state index is 12.5. The van der Waals surface area contributed by atoms with Gasteiger partial charge in [0.05, 0.1) is 24.5 Å². The van der Waals surface area contributed by atoms with Gasteiger partial charge in [0.1, 0.15) is 9.88 Å². The molecule has 0 bridgehead atoms. The molecule has 3 aromatic rings. The number of anilines is 1. The summed E-state index contributed by atoms with van der Waals surface area (Å²) in [6.07, 6.45) is 0. The van der Waals surface area contributed by atoms with Crippen LogP contribution in [0.3, 0.4) is 0 Å². The third kappa shape index (κ3) is 5.54. The van der Waals surface area contributed by atoms with Crippen LogP contribution >= 0.6 is 23.1 Å². The molecule has 0 saturated heterocycles. The number of carbonyl (C=O) groups is 3. The van der Waals surface area contributed by atoms with Crippen molar-refractivity contribution in [3.8, 4) is 11.5 Å². The lowest BCUT2D eigenvalue weighted by Crippen LogP contribution is -2.16. The summed E-state index contributed by atoms with van der Waals surface area (Å²) in [7, 11) is 0. The van der Waals surface area contributed by atoms with Crippen LogP contribution < -0.4 is 5.32 Å². The first-order chi connectivity index (χ1) is 15.4. The summed E-state index contributed by atoms with van der Waals surface area (Å²) in [5, 5.41) is 11.1. The number of carbonyl (C=O) groups excluding carboxylic acids is 3. The average Bonchev–Trinajstić information content (AvgIpc) is 3.38. The minimum Gasteiger partial charge on any atom is -0.462 e. The number of benzene rings is 1. The van der Waals surface area contributed by atoms with Crippen molar-refractivity contribution in [1.82, 2.24) is 10.2 Å².